The number of aryl methyl sites for hydroxylation is 1. The number of hydrogen-bond donors (Lipinski definition) is 1. The number of hydrogen-bond acceptors (Lipinski definition) is 5. The Morgan fingerprint density at radius 3 is 2.50 bits per heavy atom. The number of carbonyl (C=O) groups is 2. The van der Waals surface area contributed by atoms with Gasteiger partial charge in [-0.2, -0.15) is 5.26 Å². The van der Waals surface area contributed by atoms with Crippen LogP contribution in [0.15, 0.2) is 24.3 Å². The van der Waals surface area contributed by atoms with Gasteiger partial charge in [-0.05, 0) is 43.7 Å². The Labute approximate surface area is 144 Å². The zero-order chi connectivity index (χ0) is 17.7. The van der Waals surface area contributed by atoms with Crippen LogP contribution in [0.3, 0.4) is 0 Å². The minimum Gasteiger partial charge on any atom is -0.484 e. The lowest BCUT2D eigenvalue weighted by atomic mass is 10.1. The summed E-state index contributed by atoms with van der Waals surface area (Å²) in [4.78, 5) is 24.6. The highest BCUT2D eigenvalue weighted by Gasteiger charge is 2.15. The van der Waals surface area contributed by atoms with Crippen molar-refractivity contribution in [3.05, 3.63) is 45.8 Å². The smallest absolute Gasteiger partial charge is 0.262 e. The van der Waals surface area contributed by atoms with Crippen molar-refractivity contribution in [1.29, 1.82) is 5.26 Å². The molecule has 0 aliphatic carbocycles. The van der Waals surface area contributed by atoms with Crippen molar-refractivity contribution < 1.29 is 14.3 Å². The normalized spacial score (nSPS) is 10.1. The number of benzene rings is 1. The van der Waals surface area contributed by atoms with E-state index >= 15 is 0 Å². The first kappa shape index (κ1) is 17.7. The van der Waals surface area contributed by atoms with Crippen LogP contribution in [0.1, 0.15) is 39.7 Å². The van der Waals surface area contributed by atoms with Gasteiger partial charge in [0.2, 0.25) is 0 Å². The zero-order valence-electron chi connectivity index (χ0n) is 13.8. The molecule has 5 nitrogen and oxygen atoms in total. The monoisotopic (exact) mass is 342 g/mol. The van der Waals surface area contributed by atoms with Gasteiger partial charge in [-0.1, -0.05) is 6.92 Å². The average Bonchev–Trinajstić information content (AvgIpc) is 2.86. The second kappa shape index (κ2) is 7.75. The highest BCUT2D eigenvalue weighted by molar-refractivity contribution is 7.16. The van der Waals surface area contributed by atoms with Crippen molar-refractivity contribution >= 4 is 28.0 Å². The first-order chi connectivity index (χ1) is 11.5. The van der Waals surface area contributed by atoms with Gasteiger partial charge in [-0.25, -0.2) is 0 Å². The van der Waals surface area contributed by atoms with Gasteiger partial charge in [0.15, 0.2) is 12.4 Å². The first-order valence-corrected chi connectivity index (χ1v) is 8.33. The summed E-state index contributed by atoms with van der Waals surface area (Å²) >= 11 is 1.38. The Kier molecular flexibility index (Phi) is 5.72. The Morgan fingerprint density at radius 2 is 1.92 bits per heavy atom. The molecule has 0 saturated carbocycles. The van der Waals surface area contributed by atoms with E-state index in [0.717, 1.165) is 10.4 Å². The molecule has 1 aromatic carbocycles. The number of nitrogens with one attached hydrogen (secondary N) is 1. The van der Waals surface area contributed by atoms with Crippen molar-refractivity contribution in [3.8, 4) is 11.8 Å². The minimum absolute atomic E-state index is 0.0618. The van der Waals surface area contributed by atoms with Gasteiger partial charge in [0, 0.05) is 16.9 Å². The van der Waals surface area contributed by atoms with E-state index in [1.165, 1.54) is 11.3 Å². The quantitative estimate of drug-likeness (QED) is 0.809. The molecule has 0 aliphatic heterocycles. The first-order valence-electron chi connectivity index (χ1n) is 7.52. The molecule has 24 heavy (non-hydrogen) atoms. The van der Waals surface area contributed by atoms with E-state index in [1.54, 1.807) is 31.2 Å². The van der Waals surface area contributed by atoms with Crippen molar-refractivity contribution in [2.24, 2.45) is 0 Å². The van der Waals surface area contributed by atoms with Crippen LogP contribution in [0.5, 0.6) is 5.75 Å². The molecular weight excluding hydrogens is 324 g/mol. The number of Topliss-reactive ketones (excluding diaryl/α,β-unsaturated/α-hetero) is 1. The number of rotatable bonds is 6. The third-order valence-electron chi connectivity index (χ3n) is 3.62. The van der Waals surface area contributed by atoms with E-state index in [1.807, 2.05) is 13.8 Å². The molecule has 124 valence electrons. The van der Waals surface area contributed by atoms with E-state index in [-0.39, 0.29) is 18.3 Å². The topological polar surface area (TPSA) is 79.2 Å². The Morgan fingerprint density at radius 1 is 1.25 bits per heavy atom. The standard InChI is InChI=1S/C18H18N2O3S/c1-4-16(21)13-5-7-14(8-6-13)23-10-17(22)20-18-15(9-19)11(2)12(3)24-18/h5-8H,4,10H2,1-3H3,(H,20,22). The van der Waals surface area contributed by atoms with E-state index in [0.29, 0.717) is 28.3 Å². The molecule has 1 aromatic heterocycles. The number of amides is 1. The highest BCUT2D eigenvalue weighted by Crippen LogP contribution is 2.31. The molecule has 2 rings (SSSR count). The molecule has 0 unspecified atom stereocenters. The molecule has 0 radical (unpaired) electrons. The highest BCUT2D eigenvalue weighted by atomic mass is 32.1. The van der Waals surface area contributed by atoms with Crippen molar-refractivity contribution in [2.45, 2.75) is 27.2 Å². The zero-order valence-corrected chi connectivity index (χ0v) is 14.6. The van der Waals surface area contributed by atoms with E-state index in [2.05, 4.69) is 11.4 Å². The Bertz CT molecular complexity index is 801. The van der Waals surface area contributed by atoms with Gasteiger partial charge >= 0.3 is 0 Å². The molecule has 0 spiro atoms. The van der Waals surface area contributed by atoms with Crippen LogP contribution < -0.4 is 10.1 Å². The van der Waals surface area contributed by atoms with Gasteiger partial charge in [0.25, 0.3) is 5.91 Å². The number of ketones is 1. The predicted molar refractivity (Wildman–Crippen MR) is 93.7 cm³/mol. The Hall–Kier alpha value is -2.65. The fourth-order valence-corrected chi connectivity index (χ4v) is 3.13. The molecule has 0 atom stereocenters. The van der Waals surface area contributed by atoms with Gasteiger partial charge in [-0.3, -0.25) is 9.59 Å². The summed E-state index contributed by atoms with van der Waals surface area (Å²) in [6.07, 6.45) is 0.448. The maximum atomic E-state index is 12.0. The predicted octanol–water partition coefficient (Wildman–Crippen LogP) is 3.85. The average molecular weight is 342 g/mol. The molecule has 0 bridgehead atoms. The third kappa shape index (κ3) is 4.00. The summed E-state index contributed by atoms with van der Waals surface area (Å²) in [7, 11) is 0. The lowest BCUT2D eigenvalue weighted by Gasteiger charge is -2.07. The van der Waals surface area contributed by atoms with Crippen molar-refractivity contribution in [2.75, 3.05) is 11.9 Å². The summed E-state index contributed by atoms with van der Waals surface area (Å²) in [5.74, 6) is 0.241. The summed E-state index contributed by atoms with van der Waals surface area (Å²) in [5.41, 5.74) is 2.00. The summed E-state index contributed by atoms with van der Waals surface area (Å²) in [6.45, 7) is 5.41. The van der Waals surface area contributed by atoms with E-state index < -0.39 is 0 Å². The van der Waals surface area contributed by atoms with Gasteiger partial charge in [-0.15, -0.1) is 11.3 Å². The number of anilines is 1. The fourth-order valence-electron chi connectivity index (χ4n) is 2.10. The van der Waals surface area contributed by atoms with Gasteiger partial charge in [0.1, 0.15) is 16.8 Å². The molecule has 2 aromatic rings. The van der Waals surface area contributed by atoms with Crippen LogP contribution >= 0.6 is 11.3 Å². The number of nitriles is 1. The van der Waals surface area contributed by atoms with E-state index in [4.69, 9.17) is 4.74 Å². The van der Waals surface area contributed by atoms with Crippen LogP contribution in [0.4, 0.5) is 5.00 Å². The molecular formula is C18H18N2O3S. The SMILES string of the molecule is CCC(=O)c1ccc(OCC(=O)Nc2sc(C)c(C)c2C#N)cc1. The summed E-state index contributed by atoms with van der Waals surface area (Å²) in [5, 5.41) is 12.4. The number of ether oxygens (including phenoxy) is 1. The maximum Gasteiger partial charge on any atom is 0.262 e. The molecule has 1 N–H and O–H groups in total. The fraction of sp³-hybridized carbons (Fsp3) is 0.278. The molecule has 1 amide bonds. The second-order valence-corrected chi connectivity index (χ2v) is 6.46. The number of nitrogens with zero attached hydrogens (tertiary/aromatic N) is 1. The number of carbonyl (C=O) groups excluding carboxylic acids is 2. The maximum absolute atomic E-state index is 12.0. The van der Waals surface area contributed by atoms with Crippen LogP contribution in [-0.2, 0) is 4.79 Å². The molecule has 0 saturated heterocycles. The van der Waals surface area contributed by atoms with Crippen LogP contribution in [0.25, 0.3) is 0 Å². The largest absolute Gasteiger partial charge is 0.484 e. The lowest BCUT2D eigenvalue weighted by Crippen LogP contribution is -2.20. The van der Waals surface area contributed by atoms with Crippen LogP contribution in [-0.4, -0.2) is 18.3 Å². The third-order valence-corrected chi connectivity index (χ3v) is 4.74. The molecule has 1 heterocycles. The second-order valence-electron chi connectivity index (χ2n) is 5.24. The van der Waals surface area contributed by atoms with Gasteiger partial charge < -0.3 is 10.1 Å². The summed E-state index contributed by atoms with van der Waals surface area (Å²) < 4.78 is 5.42. The Balaban J connectivity index is 1.95. The van der Waals surface area contributed by atoms with E-state index in [9.17, 15) is 14.9 Å². The van der Waals surface area contributed by atoms with Crippen LogP contribution in [0, 0.1) is 25.2 Å². The lowest BCUT2D eigenvalue weighted by molar-refractivity contribution is -0.118. The summed E-state index contributed by atoms with van der Waals surface area (Å²) in [6, 6.07) is 8.79. The minimum atomic E-state index is -0.332. The number of thiophene rings is 1. The van der Waals surface area contributed by atoms with Crippen molar-refractivity contribution in [3.63, 3.8) is 0 Å². The molecule has 0 aliphatic rings. The van der Waals surface area contributed by atoms with Gasteiger partial charge in [0.05, 0.1) is 5.56 Å². The van der Waals surface area contributed by atoms with Crippen molar-refractivity contribution in [1.82, 2.24) is 0 Å². The van der Waals surface area contributed by atoms with Crippen LogP contribution in [0.2, 0.25) is 0 Å². The molecule has 0 fully saturated rings. The molecule has 6 heteroatoms.